The van der Waals surface area contributed by atoms with Gasteiger partial charge in [-0.05, 0) is 61.8 Å². The minimum Gasteiger partial charge on any atom is -0.453 e. The van der Waals surface area contributed by atoms with E-state index < -0.39 is 41.6 Å². The number of urea groups is 1. The monoisotopic (exact) mass is 771 g/mol. The number of benzene rings is 2. The molecule has 1 aliphatic rings. The number of aryl methyl sites for hydroxylation is 3. The quantitative estimate of drug-likeness (QED) is 0.139. The number of ether oxygens (including phenoxy) is 1. The predicted octanol–water partition coefficient (Wildman–Crippen LogP) is 5.05. The van der Waals surface area contributed by atoms with Crippen LogP contribution in [0.5, 0.6) is 0 Å². The van der Waals surface area contributed by atoms with Crippen molar-refractivity contribution < 1.29 is 29.0 Å². The SMILES string of the molecule is CC[C@H](C)[C@@H](C(=O)N[C@@H](Cc1ccccc1)[C@@H](O)CN(Cc1cc(C)cc(C)c1)NC(=O)[C@@H](NC(=O)OC)C(C)(C)C)N1CCN(Cc2cccc(C)n2)C1=O. The van der Waals surface area contributed by atoms with Gasteiger partial charge in [0.1, 0.15) is 12.1 Å². The minimum atomic E-state index is -1.18. The molecule has 56 heavy (non-hydrogen) atoms. The van der Waals surface area contributed by atoms with Gasteiger partial charge in [0.25, 0.3) is 5.91 Å². The third-order valence-electron chi connectivity index (χ3n) is 10.2. The molecule has 3 aromatic rings. The molecule has 5 atom stereocenters. The third-order valence-corrected chi connectivity index (χ3v) is 10.2. The van der Waals surface area contributed by atoms with Crippen molar-refractivity contribution in [2.75, 3.05) is 26.7 Å². The average Bonchev–Trinajstić information content (AvgIpc) is 3.47. The first kappa shape index (κ1) is 43.7. The number of aliphatic hydroxyl groups excluding tert-OH is 1. The van der Waals surface area contributed by atoms with Gasteiger partial charge in [-0.3, -0.25) is 20.0 Å². The molecule has 13 heteroatoms. The van der Waals surface area contributed by atoms with Crippen LogP contribution in [0.2, 0.25) is 0 Å². The molecule has 4 rings (SSSR count). The van der Waals surface area contributed by atoms with Crippen LogP contribution in [0.15, 0.2) is 66.7 Å². The number of hydrogen-bond acceptors (Lipinski definition) is 8. The molecule has 0 aliphatic carbocycles. The first-order chi connectivity index (χ1) is 26.5. The number of pyridine rings is 1. The smallest absolute Gasteiger partial charge is 0.407 e. The Balaban J connectivity index is 1.62. The number of carbonyl (C=O) groups excluding carboxylic acids is 4. The highest BCUT2D eigenvalue weighted by Crippen LogP contribution is 2.24. The lowest BCUT2D eigenvalue weighted by Gasteiger charge is -2.36. The first-order valence-electron chi connectivity index (χ1n) is 19.5. The van der Waals surface area contributed by atoms with Gasteiger partial charge in [0.05, 0.1) is 31.5 Å². The standard InChI is InChI=1S/C43H61N7O6/c1-10-30(4)37(50-20-19-48(42(50)55)26-34-18-14-15-31(5)44-34)39(52)45-35(24-32-16-12-11-13-17-32)36(51)27-49(25-33-22-28(2)21-29(3)23-33)47-40(53)38(43(6,7)8)46-41(54)56-9/h11-18,21-23,30,35-38,51H,10,19-20,24-27H2,1-9H3,(H,45,52)(H,46,54)(H,47,53)/t30-,35-,36-,37-,38+/m0/s1. The van der Waals surface area contributed by atoms with E-state index in [2.05, 4.69) is 27.1 Å². The number of carbonyl (C=O) groups is 4. The molecular formula is C43H61N7O6. The third kappa shape index (κ3) is 12.2. The Kier molecular flexibility index (Phi) is 15.4. The zero-order chi connectivity index (χ0) is 41.2. The van der Waals surface area contributed by atoms with E-state index >= 15 is 0 Å². The highest BCUT2D eigenvalue weighted by molar-refractivity contribution is 5.88. The van der Waals surface area contributed by atoms with E-state index in [9.17, 15) is 24.3 Å². The molecule has 1 fully saturated rings. The zero-order valence-electron chi connectivity index (χ0n) is 34.5. The molecule has 304 valence electrons. The predicted molar refractivity (Wildman–Crippen MR) is 216 cm³/mol. The van der Waals surface area contributed by atoms with Gasteiger partial charge >= 0.3 is 12.1 Å². The summed E-state index contributed by atoms with van der Waals surface area (Å²) < 4.78 is 4.81. The summed E-state index contributed by atoms with van der Waals surface area (Å²) in [5.41, 5.74) is 7.81. The summed E-state index contributed by atoms with van der Waals surface area (Å²) in [6.45, 7) is 16.7. The van der Waals surface area contributed by atoms with Crippen LogP contribution in [0.4, 0.5) is 9.59 Å². The van der Waals surface area contributed by atoms with Gasteiger partial charge < -0.3 is 30.3 Å². The van der Waals surface area contributed by atoms with Gasteiger partial charge in [-0.25, -0.2) is 14.6 Å². The lowest BCUT2D eigenvalue weighted by atomic mass is 9.86. The molecule has 4 N–H and O–H groups in total. The molecule has 0 bridgehead atoms. The van der Waals surface area contributed by atoms with Crippen LogP contribution >= 0.6 is 0 Å². The summed E-state index contributed by atoms with van der Waals surface area (Å²) in [5, 5.41) is 19.5. The molecule has 1 aromatic heterocycles. The van der Waals surface area contributed by atoms with E-state index in [1.807, 2.05) is 116 Å². The number of nitrogens with zero attached hydrogens (tertiary/aromatic N) is 4. The molecular weight excluding hydrogens is 711 g/mol. The fourth-order valence-corrected chi connectivity index (χ4v) is 7.19. The zero-order valence-corrected chi connectivity index (χ0v) is 34.5. The minimum absolute atomic E-state index is 0.0699. The highest BCUT2D eigenvalue weighted by atomic mass is 16.5. The van der Waals surface area contributed by atoms with Gasteiger partial charge in [-0.15, -0.1) is 0 Å². The molecule has 0 spiro atoms. The van der Waals surface area contributed by atoms with Crippen LogP contribution in [0.3, 0.4) is 0 Å². The summed E-state index contributed by atoms with van der Waals surface area (Å²) in [5.74, 6) is -1.02. The summed E-state index contributed by atoms with van der Waals surface area (Å²) >= 11 is 0. The van der Waals surface area contributed by atoms with E-state index in [4.69, 9.17) is 4.74 Å². The topological polar surface area (TPSA) is 156 Å². The fraction of sp³-hybridized carbons (Fsp3) is 0.512. The average molecular weight is 772 g/mol. The maximum Gasteiger partial charge on any atom is 0.407 e. The molecule has 0 radical (unpaired) electrons. The molecule has 2 aromatic carbocycles. The van der Waals surface area contributed by atoms with Gasteiger partial charge in [0.15, 0.2) is 0 Å². The summed E-state index contributed by atoms with van der Waals surface area (Å²) in [4.78, 5) is 62.4. The highest BCUT2D eigenvalue weighted by Gasteiger charge is 2.41. The molecule has 5 amide bonds. The van der Waals surface area contributed by atoms with Crippen LogP contribution in [0.25, 0.3) is 0 Å². The fourth-order valence-electron chi connectivity index (χ4n) is 7.19. The van der Waals surface area contributed by atoms with E-state index in [0.29, 0.717) is 32.5 Å². The number of aromatic nitrogens is 1. The van der Waals surface area contributed by atoms with Crippen molar-refractivity contribution in [1.82, 2.24) is 35.9 Å². The number of methoxy groups -OCH3 is 1. The van der Waals surface area contributed by atoms with Crippen molar-refractivity contribution in [3.05, 3.63) is 100 Å². The van der Waals surface area contributed by atoms with Crippen molar-refractivity contribution in [2.24, 2.45) is 11.3 Å². The van der Waals surface area contributed by atoms with Crippen LogP contribution in [-0.2, 0) is 33.8 Å². The number of hydrogen-bond donors (Lipinski definition) is 4. The van der Waals surface area contributed by atoms with Crippen molar-refractivity contribution in [1.29, 1.82) is 0 Å². The Labute approximate surface area is 332 Å². The summed E-state index contributed by atoms with van der Waals surface area (Å²) in [6.07, 6.45) is -0.978. The Morgan fingerprint density at radius 3 is 2.21 bits per heavy atom. The van der Waals surface area contributed by atoms with E-state index in [0.717, 1.165) is 33.6 Å². The van der Waals surface area contributed by atoms with E-state index in [1.165, 1.54) is 7.11 Å². The van der Waals surface area contributed by atoms with Crippen molar-refractivity contribution in [3.8, 4) is 0 Å². The van der Waals surface area contributed by atoms with Crippen LogP contribution < -0.4 is 16.1 Å². The van der Waals surface area contributed by atoms with Crippen LogP contribution in [0.1, 0.15) is 74.7 Å². The van der Waals surface area contributed by atoms with Crippen LogP contribution in [0, 0.1) is 32.1 Å². The second-order valence-corrected chi connectivity index (χ2v) is 16.2. The van der Waals surface area contributed by atoms with Crippen molar-refractivity contribution in [2.45, 2.75) is 106 Å². The lowest BCUT2D eigenvalue weighted by molar-refractivity contribution is -0.132. The number of hydrazine groups is 1. The second-order valence-electron chi connectivity index (χ2n) is 16.2. The maximum absolute atomic E-state index is 14.5. The van der Waals surface area contributed by atoms with E-state index in [1.54, 1.807) is 14.8 Å². The molecule has 0 saturated carbocycles. The molecule has 1 aliphatic heterocycles. The van der Waals surface area contributed by atoms with Gasteiger partial charge in [0, 0.05) is 31.9 Å². The Morgan fingerprint density at radius 2 is 1.61 bits per heavy atom. The number of nitrogens with one attached hydrogen (secondary N) is 3. The number of amides is 5. The maximum atomic E-state index is 14.5. The molecule has 0 unspecified atom stereocenters. The normalized spacial score (nSPS) is 15.9. The van der Waals surface area contributed by atoms with Gasteiger partial charge in [-0.1, -0.05) is 107 Å². The first-order valence-corrected chi connectivity index (χ1v) is 19.5. The van der Waals surface area contributed by atoms with E-state index in [-0.39, 0.29) is 30.9 Å². The van der Waals surface area contributed by atoms with Crippen molar-refractivity contribution >= 4 is 23.9 Å². The van der Waals surface area contributed by atoms with Crippen molar-refractivity contribution in [3.63, 3.8) is 0 Å². The summed E-state index contributed by atoms with van der Waals surface area (Å²) in [7, 11) is 1.24. The number of rotatable bonds is 17. The van der Waals surface area contributed by atoms with Crippen LogP contribution in [-0.4, -0.2) is 99.8 Å². The van der Waals surface area contributed by atoms with Gasteiger partial charge in [-0.2, -0.15) is 0 Å². The number of aliphatic hydroxyl groups is 1. The Hall–Kier alpha value is -5.01. The largest absolute Gasteiger partial charge is 0.453 e. The molecule has 2 heterocycles. The molecule has 13 nitrogen and oxygen atoms in total. The Bertz CT molecular complexity index is 1780. The summed E-state index contributed by atoms with van der Waals surface area (Å²) in [6, 6.07) is 18.6. The Morgan fingerprint density at radius 1 is 0.929 bits per heavy atom. The number of alkyl carbamates (subject to hydrolysis) is 1. The van der Waals surface area contributed by atoms with Gasteiger partial charge in [0.2, 0.25) is 5.91 Å². The molecule has 1 saturated heterocycles. The second kappa shape index (κ2) is 19.7. The lowest BCUT2D eigenvalue weighted by Crippen LogP contribution is -2.60.